The molecule has 1 aliphatic rings. The second-order valence-electron chi connectivity index (χ2n) is 8.62. The summed E-state index contributed by atoms with van der Waals surface area (Å²) in [6.45, 7) is 7.82. The maximum Gasteiger partial charge on any atom is 0.352 e. The number of pyridine rings is 1. The molecule has 3 rings (SSSR count). The van der Waals surface area contributed by atoms with Gasteiger partial charge < -0.3 is 24.5 Å². The molecule has 1 saturated heterocycles. The summed E-state index contributed by atoms with van der Waals surface area (Å²) >= 11 is 0. The molecule has 1 amide bonds. The average molecular weight is 430 g/mol. The Balaban J connectivity index is 2.13. The lowest BCUT2D eigenvalue weighted by atomic mass is 9.71. The second kappa shape index (κ2) is 7.81. The van der Waals surface area contributed by atoms with Crippen molar-refractivity contribution < 1.29 is 29.0 Å². The highest BCUT2D eigenvalue weighted by molar-refractivity contribution is 6.04. The van der Waals surface area contributed by atoms with Gasteiger partial charge in [-0.05, 0) is 30.0 Å². The molecule has 0 unspecified atom stereocenters. The molecule has 166 valence electrons. The van der Waals surface area contributed by atoms with Crippen molar-refractivity contribution in [3.05, 3.63) is 40.2 Å². The van der Waals surface area contributed by atoms with Crippen molar-refractivity contribution in [3.63, 3.8) is 0 Å². The van der Waals surface area contributed by atoms with Gasteiger partial charge >= 0.3 is 11.9 Å². The highest BCUT2D eigenvalue weighted by atomic mass is 16.6. The quantitative estimate of drug-likeness (QED) is 0.711. The molecule has 9 nitrogen and oxygen atoms in total. The third-order valence-corrected chi connectivity index (χ3v) is 5.62. The number of aromatic nitrogens is 1. The molecular weight excluding hydrogens is 404 g/mol. The first-order valence-corrected chi connectivity index (χ1v) is 9.88. The molecule has 0 spiro atoms. The van der Waals surface area contributed by atoms with E-state index < -0.39 is 35.0 Å². The average Bonchev–Trinajstić information content (AvgIpc) is 2.66. The minimum Gasteiger partial charge on any atom is -0.478 e. The first-order chi connectivity index (χ1) is 14.4. The number of aliphatic carboxylic acids is 1. The van der Waals surface area contributed by atoms with E-state index in [9.17, 15) is 24.3 Å². The normalized spacial score (nSPS) is 19.2. The summed E-state index contributed by atoms with van der Waals surface area (Å²) in [4.78, 5) is 53.8. The van der Waals surface area contributed by atoms with Gasteiger partial charge in [0.15, 0.2) is 6.10 Å². The number of aromatic amines is 1. The van der Waals surface area contributed by atoms with E-state index >= 15 is 0 Å². The topological polar surface area (TPSA) is 126 Å². The van der Waals surface area contributed by atoms with Crippen LogP contribution in [0.1, 0.15) is 33.3 Å². The van der Waals surface area contributed by atoms with Gasteiger partial charge in [0.1, 0.15) is 0 Å². The number of morpholine rings is 1. The van der Waals surface area contributed by atoms with Crippen molar-refractivity contribution in [1.82, 2.24) is 4.98 Å². The van der Waals surface area contributed by atoms with Crippen LogP contribution in [0.25, 0.3) is 10.9 Å². The van der Waals surface area contributed by atoms with E-state index in [1.165, 1.54) is 11.0 Å². The summed E-state index contributed by atoms with van der Waals surface area (Å²) in [5.41, 5.74) is -1.89. The SMILES string of the molecule is CC(=O)O[C@@](C(=O)O)([C@H]1OCCN(c2ccc3ccc(=O)[nH]c3c2C)C1=O)C(C)(C)C. The number of hydrogen-bond donors (Lipinski definition) is 2. The lowest BCUT2D eigenvalue weighted by Gasteiger charge is -2.47. The number of nitrogens with zero attached hydrogens (tertiary/aromatic N) is 1. The molecule has 0 radical (unpaired) electrons. The van der Waals surface area contributed by atoms with Crippen molar-refractivity contribution in [1.29, 1.82) is 0 Å². The number of amides is 1. The number of carboxylic acids is 1. The molecule has 1 fully saturated rings. The minimum atomic E-state index is -2.23. The van der Waals surface area contributed by atoms with Crippen molar-refractivity contribution >= 4 is 34.4 Å². The number of carbonyl (C=O) groups is 3. The molecule has 0 bridgehead atoms. The fourth-order valence-electron chi connectivity index (χ4n) is 4.07. The molecule has 1 aromatic carbocycles. The standard InChI is InChI=1S/C22H26N2O7/c1-12-15(8-6-14-7-9-16(26)23-17(12)14)24-10-11-30-18(19(24)27)22(20(28)29,21(3,4)5)31-13(2)25/h6-9,18H,10-11H2,1-5H3,(H,23,26)(H,28,29)/t18-,22+/m0/s1. The number of H-pyrrole nitrogens is 1. The lowest BCUT2D eigenvalue weighted by Crippen LogP contribution is -2.68. The van der Waals surface area contributed by atoms with Crippen LogP contribution in [0.15, 0.2) is 29.1 Å². The Labute approximate surface area is 178 Å². The number of rotatable bonds is 4. The third kappa shape index (κ3) is 3.69. The molecular formula is C22H26N2O7. The van der Waals surface area contributed by atoms with Crippen LogP contribution in [0.2, 0.25) is 0 Å². The Morgan fingerprint density at radius 2 is 1.84 bits per heavy atom. The number of nitrogens with one attached hydrogen (secondary N) is 1. The Morgan fingerprint density at radius 1 is 1.19 bits per heavy atom. The van der Waals surface area contributed by atoms with Gasteiger partial charge in [0.25, 0.3) is 5.91 Å². The zero-order valence-electron chi connectivity index (χ0n) is 18.1. The molecule has 31 heavy (non-hydrogen) atoms. The van der Waals surface area contributed by atoms with Crippen molar-refractivity contribution in [3.8, 4) is 0 Å². The van der Waals surface area contributed by atoms with Gasteiger partial charge in [-0.3, -0.25) is 14.4 Å². The smallest absolute Gasteiger partial charge is 0.352 e. The predicted molar refractivity (Wildman–Crippen MR) is 113 cm³/mol. The highest BCUT2D eigenvalue weighted by Gasteiger charge is 2.63. The number of carboxylic acid groups (broad SMARTS) is 1. The summed E-state index contributed by atoms with van der Waals surface area (Å²) in [5, 5.41) is 10.9. The van der Waals surface area contributed by atoms with Gasteiger partial charge in [-0.1, -0.05) is 26.8 Å². The largest absolute Gasteiger partial charge is 0.478 e. The molecule has 2 N–H and O–H groups in total. The lowest BCUT2D eigenvalue weighted by molar-refractivity contribution is -0.218. The van der Waals surface area contributed by atoms with Gasteiger partial charge in [-0.15, -0.1) is 0 Å². The first-order valence-electron chi connectivity index (χ1n) is 9.88. The molecule has 2 heterocycles. The summed E-state index contributed by atoms with van der Waals surface area (Å²) in [6, 6.07) is 6.61. The van der Waals surface area contributed by atoms with E-state index in [0.717, 1.165) is 12.3 Å². The monoisotopic (exact) mass is 430 g/mol. The Hall–Kier alpha value is -3.20. The number of hydrogen-bond acceptors (Lipinski definition) is 6. The molecule has 9 heteroatoms. The summed E-state index contributed by atoms with van der Waals surface area (Å²) < 4.78 is 11.0. The van der Waals surface area contributed by atoms with Crippen LogP contribution >= 0.6 is 0 Å². The van der Waals surface area contributed by atoms with E-state index in [1.807, 2.05) is 0 Å². The van der Waals surface area contributed by atoms with E-state index in [-0.39, 0.29) is 18.7 Å². The molecule has 0 saturated carbocycles. The second-order valence-corrected chi connectivity index (χ2v) is 8.62. The number of anilines is 1. The number of aryl methyl sites for hydroxylation is 1. The van der Waals surface area contributed by atoms with Crippen molar-refractivity contribution in [2.45, 2.75) is 46.3 Å². The van der Waals surface area contributed by atoms with E-state index in [1.54, 1.807) is 45.9 Å². The molecule has 0 aliphatic carbocycles. The fraction of sp³-hybridized carbons (Fsp3) is 0.455. The van der Waals surface area contributed by atoms with Gasteiger partial charge in [-0.2, -0.15) is 0 Å². The molecule has 1 aromatic heterocycles. The van der Waals surface area contributed by atoms with Crippen LogP contribution in [-0.4, -0.2) is 52.8 Å². The van der Waals surface area contributed by atoms with Crippen molar-refractivity contribution in [2.24, 2.45) is 5.41 Å². The Morgan fingerprint density at radius 3 is 2.42 bits per heavy atom. The van der Waals surface area contributed by atoms with Crippen LogP contribution in [-0.2, 0) is 23.9 Å². The van der Waals surface area contributed by atoms with Crippen LogP contribution in [0, 0.1) is 12.3 Å². The van der Waals surface area contributed by atoms with Gasteiger partial charge in [0.2, 0.25) is 11.2 Å². The number of carbonyl (C=O) groups excluding carboxylic acids is 2. The minimum absolute atomic E-state index is 0.0472. The van der Waals surface area contributed by atoms with E-state index in [4.69, 9.17) is 9.47 Å². The Bertz CT molecular complexity index is 1120. The third-order valence-electron chi connectivity index (χ3n) is 5.62. The summed E-state index contributed by atoms with van der Waals surface area (Å²) in [7, 11) is 0. The van der Waals surface area contributed by atoms with Gasteiger partial charge in [-0.25, -0.2) is 4.79 Å². The molecule has 1 aliphatic heterocycles. The van der Waals surface area contributed by atoms with Crippen LogP contribution in [0.4, 0.5) is 5.69 Å². The predicted octanol–water partition coefficient (Wildman–Crippen LogP) is 2.00. The fourth-order valence-corrected chi connectivity index (χ4v) is 4.07. The summed E-state index contributed by atoms with van der Waals surface area (Å²) in [5.74, 6) is -2.93. The first kappa shape index (κ1) is 22.5. The van der Waals surface area contributed by atoms with Crippen molar-refractivity contribution in [2.75, 3.05) is 18.1 Å². The van der Waals surface area contributed by atoms with Gasteiger partial charge in [0, 0.05) is 30.6 Å². The van der Waals surface area contributed by atoms with Crippen LogP contribution in [0.3, 0.4) is 0 Å². The number of benzene rings is 1. The van der Waals surface area contributed by atoms with Crippen LogP contribution in [0.5, 0.6) is 0 Å². The number of ether oxygens (including phenoxy) is 2. The maximum atomic E-state index is 13.5. The number of esters is 1. The van der Waals surface area contributed by atoms with E-state index in [2.05, 4.69) is 4.98 Å². The summed E-state index contributed by atoms with van der Waals surface area (Å²) in [6.07, 6.45) is -1.55. The van der Waals surface area contributed by atoms with Crippen LogP contribution < -0.4 is 10.5 Å². The molecule has 2 atom stereocenters. The van der Waals surface area contributed by atoms with E-state index in [0.29, 0.717) is 16.8 Å². The zero-order chi connectivity index (χ0) is 23.1. The zero-order valence-corrected chi connectivity index (χ0v) is 18.1. The number of fused-ring (bicyclic) bond motifs is 1. The molecule has 2 aromatic rings. The highest BCUT2D eigenvalue weighted by Crippen LogP contribution is 2.41. The Kier molecular flexibility index (Phi) is 5.66. The van der Waals surface area contributed by atoms with Gasteiger partial charge in [0.05, 0.1) is 12.1 Å². The maximum absolute atomic E-state index is 13.5.